The minimum Gasteiger partial charge on any atom is -0.366 e. The summed E-state index contributed by atoms with van der Waals surface area (Å²) >= 11 is 1.32. The van der Waals surface area contributed by atoms with Gasteiger partial charge in [0.1, 0.15) is 5.82 Å². The number of thioether (sulfide) groups is 1. The Morgan fingerprint density at radius 1 is 1.35 bits per heavy atom. The van der Waals surface area contributed by atoms with Gasteiger partial charge in [0, 0.05) is 13.0 Å². The third kappa shape index (κ3) is 3.53. The summed E-state index contributed by atoms with van der Waals surface area (Å²) in [4.78, 5) is 23.4. The van der Waals surface area contributed by atoms with Crippen LogP contribution in [-0.4, -0.2) is 32.3 Å². The predicted octanol–water partition coefficient (Wildman–Crippen LogP) is 1.52. The molecule has 0 spiro atoms. The number of benzene rings is 1. The Hall–Kier alpha value is -2.35. The Morgan fingerprint density at radius 3 is 2.78 bits per heavy atom. The number of primary amides is 1. The van der Waals surface area contributed by atoms with Crippen LogP contribution < -0.4 is 11.1 Å². The molecule has 3 rings (SSSR count). The highest BCUT2D eigenvalue weighted by molar-refractivity contribution is 7.99. The number of carbonyl (C=O) groups excluding carboxylic acids is 2. The van der Waals surface area contributed by atoms with Gasteiger partial charge in [0.05, 0.1) is 17.0 Å². The number of carbonyl (C=O) groups is 2. The standard InChI is InChI=1S/C15H17N5O2S/c1-20-14(9-6-7-9)18-19-15(20)23-8-12(21)17-11-5-3-2-4-10(11)13(16)22/h2-5,9H,6-8H2,1H3,(H2,16,22)(H,17,21). The van der Waals surface area contributed by atoms with Crippen molar-refractivity contribution < 1.29 is 9.59 Å². The second-order valence-electron chi connectivity index (χ2n) is 5.42. The molecular formula is C15H17N5O2S. The molecule has 1 aliphatic carbocycles. The van der Waals surface area contributed by atoms with E-state index in [0.29, 0.717) is 22.3 Å². The van der Waals surface area contributed by atoms with Crippen LogP contribution in [0.3, 0.4) is 0 Å². The van der Waals surface area contributed by atoms with Crippen LogP contribution in [0.2, 0.25) is 0 Å². The molecule has 120 valence electrons. The molecule has 1 aromatic heterocycles. The third-order valence-corrected chi connectivity index (χ3v) is 4.63. The highest BCUT2D eigenvalue weighted by atomic mass is 32.2. The number of para-hydroxylation sites is 1. The fourth-order valence-corrected chi connectivity index (χ4v) is 2.99. The van der Waals surface area contributed by atoms with Crippen LogP contribution in [0.25, 0.3) is 0 Å². The van der Waals surface area contributed by atoms with Crippen molar-refractivity contribution in [1.82, 2.24) is 14.8 Å². The maximum Gasteiger partial charge on any atom is 0.250 e. The molecule has 0 radical (unpaired) electrons. The van der Waals surface area contributed by atoms with Crippen LogP contribution in [0.5, 0.6) is 0 Å². The highest BCUT2D eigenvalue weighted by Crippen LogP contribution is 2.39. The van der Waals surface area contributed by atoms with Crippen molar-refractivity contribution in [1.29, 1.82) is 0 Å². The maximum absolute atomic E-state index is 12.1. The molecule has 7 nitrogen and oxygen atoms in total. The van der Waals surface area contributed by atoms with Gasteiger partial charge in [-0.25, -0.2) is 0 Å². The van der Waals surface area contributed by atoms with Crippen molar-refractivity contribution in [2.24, 2.45) is 12.8 Å². The second kappa shape index (κ2) is 6.41. The second-order valence-corrected chi connectivity index (χ2v) is 6.36. The lowest BCUT2D eigenvalue weighted by atomic mass is 10.1. The summed E-state index contributed by atoms with van der Waals surface area (Å²) in [7, 11) is 1.91. The van der Waals surface area contributed by atoms with Crippen molar-refractivity contribution in [2.75, 3.05) is 11.1 Å². The first kappa shape index (κ1) is 15.5. The number of aromatic nitrogens is 3. The molecule has 23 heavy (non-hydrogen) atoms. The van der Waals surface area contributed by atoms with E-state index in [9.17, 15) is 9.59 Å². The lowest BCUT2D eigenvalue weighted by Gasteiger charge is -2.08. The molecule has 0 unspecified atom stereocenters. The summed E-state index contributed by atoms with van der Waals surface area (Å²) in [5.74, 6) is 0.879. The molecule has 1 heterocycles. The Balaban J connectivity index is 1.61. The Labute approximate surface area is 137 Å². The van der Waals surface area contributed by atoms with Gasteiger partial charge in [-0.05, 0) is 25.0 Å². The number of rotatable bonds is 6. The molecule has 0 bridgehead atoms. The molecule has 1 fully saturated rings. The summed E-state index contributed by atoms with van der Waals surface area (Å²) in [6, 6.07) is 6.66. The Morgan fingerprint density at radius 2 is 2.09 bits per heavy atom. The maximum atomic E-state index is 12.1. The van der Waals surface area contributed by atoms with E-state index in [0.717, 1.165) is 18.7 Å². The van der Waals surface area contributed by atoms with Gasteiger partial charge in [-0.15, -0.1) is 10.2 Å². The zero-order valence-electron chi connectivity index (χ0n) is 12.7. The first-order valence-corrected chi connectivity index (χ1v) is 8.25. The van der Waals surface area contributed by atoms with Crippen LogP contribution in [0.15, 0.2) is 29.4 Å². The van der Waals surface area contributed by atoms with Gasteiger partial charge in [0.15, 0.2) is 5.16 Å². The van der Waals surface area contributed by atoms with E-state index < -0.39 is 5.91 Å². The minimum atomic E-state index is -0.573. The minimum absolute atomic E-state index is 0.184. The van der Waals surface area contributed by atoms with E-state index in [2.05, 4.69) is 15.5 Å². The van der Waals surface area contributed by atoms with Gasteiger partial charge in [-0.2, -0.15) is 0 Å². The molecule has 2 amide bonds. The van der Waals surface area contributed by atoms with E-state index in [4.69, 9.17) is 5.73 Å². The van der Waals surface area contributed by atoms with Crippen LogP contribution in [0.1, 0.15) is 34.9 Å². The van der Waals surface area contributed by atoms with Crippen LogP contribution in [-0.2, 0) is 11.8 Å². The summed E-state index contributed by atoms with van der Waals surface area (Å²) < 4.78 is 1.94. The van der Waals surface area contributed by atoms with Gasteiger partial charge >= 0.3 is 0 Å². The molecule has 0 atom stereocenters. The number of hydrogen-bond acceptors (Lipinski definition) is 5. The SMILES string of the molecule is Cn1c(SCC(=O)Nc2ccccc2C(N)=O)nnc1C1CC1. The molecule has 8 heteroatoms. The summed E-state index contributed by atoms with van der Waals surface area (Å²) in [6.45, 7) is 0. The average Bonchev–Trinajstić information content (AvgIpc) is 3.29. The number of nitrogens with zero attached hydrogens (tertiary/aromatic N) is 3. The van der Waals surface area contributed by atoms with Crippen molar-refractivity contribution in [3.05, 3.63) is 35.7 Å². The van der Waals surface area contributed by atoms with Gasteiger partial charge in [-0.3, -0.25) is 9.59 Å². The topological polar surface area (TPSA) is 103 Å². The van der Waals surface area contributed by atoms with Gasteiger partial charge in [0.2, 0.25) is 5.91 Å². The summed E-state index contributed by atoms with van der Waals surface area (Å²) in [6.07, 6.45) is 2.31. The largest absolute Gasteiger partial charge is 0.366 e. The normalized spacial score (nSPS) is 13.8. The molecule has 3 N–H and O–H groups in total. The van der Waals surface area contributed by atoms with Crippen molar-refractivity contribution >= 4 is 29.3 Å². The zero-order chi connectivity index (χ0) is 16.4. The van der Waals surface area contributed by atoms with E-state index in [1.165, 1.54) is 11.8 Å². The number of nitrogens with two attached hydrogens (primary N) is 1. The predicted molar refractivity (Wildman–Crippen MR) is 87.3 cm³/mol. The first-order valence-electron chi connectivity index (χ1n) is 7.27. The molecule has 0 saturated heterocycles. The number of amides is 2. The van der Waals surface area contributed by atoms with E-state index >= 15 is 0 Å². The Kier molecular flexibility index (Phi) is 4.33. The monoisotopic (exact) mass is 331 g/mol. The van der Waals surface area contributed by atoms with E-state index in [1.54, 1.807) is 24.3 Å². The lowest BCUT2D eigenvalue weighted by molar-refractivity contribution is -0.113. The van der Waals surface area contributed by atoms with E-state index in [-0.39, 0.29) is 11.7 Å². The van der Waals surface area contributed by atoms with Crippen molar-refractivity contribution in [2.45, 2.75) is 23.9 Å². The zero-order valence-corrected chi connectivity index (χ0v) is 13.5. The molecule has 2 aromatic rings. The highest BCUT2D eigenvalue weighted by Gasteiger charge is 2.29. The number of hydrogen-bond donors (Lipinski definition) is 2. The number of anilines is 1. The fourth-order valence-electron chi connectivity index (χ4n) is 2.27. The van der Waals surface area contributed by atoms with Gasteiger partial charge < -0.3 is 15.6 Å². The Bertz CT molecular complexity index is 754. The summed E-state index contributed by atoms with van der Waals surface area (Å²) in [5.41, 5.74) is 6.01. The average molecular weight is 331 g/mol. The smallest absolute Gasteiger partial charge is 0.250 e. The number of nitrogens with one attached hydrogen (secondary N) is 1. The first-order chi connectivity index (χ1) is 11.1. The van der Waals surface area contributed by atoms with Crippen molar-refractivity contribution in [3.63, 3.8) is 0 Å². The quantitative estimate of drug-likeness (QED) is 0.781. The molecule has 1 aromatic carbocycles. The molecule has 0 aliphatic heterocycles. The molecule has 1 saturated carbocycles. The van der Waals surface area contributed by atoms with Crippen LogP contribution >= 0.6 is 11.8 Å². The third-order valence-electron chi connectivity index (χ3n) is 3.61. The van der Waals surface area contributed by atoms with Gasteiger partial charge in [-0.1, -0.05) is 23.9 Å². The van der Waals surface area contributed by atoms with Crippen LogP contribution in [0.4, 0.5) is 5.69 Å². The summed E-state index contributed by atoms with van der Waals surface area (Å²) in [5, 5.41) is 11.7. The van der Waals surface area contributed by atoms with Crippen LogP contribution in [0, 0.1) is 0 Å². The van der Waals surface area contributed by atoms with Crippen molar-refractivity contribution in [3.8, 4) is 0 Å². The molecule has 1 aliphatic rings. The molecular weight excluding hydrogens is 314 g/mol. The lowest BCUT2D eigenvalue weighted by Crippen LogP contribution is -2.19. The fraction of sp³-hybridized carbons (Fsp3) is 0.333. The van der Waals surface area contributed by atoms with Gasteiger partial charge in [0.25, 0.3) is 5.91 Å². The van der Waals surface area contributed by atoms with E-state index in [1.807, 2.05) is 11.6 Å².